The number of carbonyl (C=O) groups excluding carboxylic acids is 1. The van der Waals surface area contributed by atoms with Gasteiger partial charge in [-0.15, -0.1) is 0 Å². The fourth-order valence-electron chi connectivity index (χ4n) is 3.17. The van der Waals surface area contributed by atoms with Crippen molar-refractivity contribution in [1.29, 1.82) is 0 Å². The van der Waals surface area contributed by atoms with Gasteiger partial charge in [0.05, 0.1) is 5.69 Å². The number of hydrogen-bond donors (Lipinski definition) is 1. The van der Waals surface area contributed by atoms with Crippen molar-refractivity contribution in [2.45, 2.75) is 25.4 Å². The highest BCUT2D eigenvalue weighted by Crippen LogP contribution is 2.19. The highest BCUT2D eigenvalue weighted by molar-refractivity contribution is 5.93. The molecule has 122 valence electrons. The average molecular weight is 321 g/mol. The van der Waals surface area contributed by atoms with Gasteiger partial charge in [0.25, 0.3) is 5.91 Å². The molecule has 24 heavy (non-hydrogen) atoms. The molecular formula is C18H19N5O. The number of imidazole rings is 1. The summed E-state index contributed by atoms with van der Waals surface area (Å²) in [5.41, 5.74) is 2.39. The van der Waals surface area contributed by atoms with Crippen molar-refractivity contribution in [1.82, 2.24) is 24.6 Å². The molecule has 2 aromatic heterocycles. The predicted octanol–water partition coefficient (Wildman–Crippen LogP) is 2.03. The first-order valence-corrected chi connectivity index (χ1v) is 8.11. The second kappa shape index (κ2) is 5.96. The van der Waals surface area contributed by atoms with Crippen molar-refractivity contribution in [2.75, 3.05) is 0 Å². The quantitative estimate of drug-likeness (QED) is 0.803. The Balaban J connectivity index is 1.50. The summed E-state index contributed by atoms with van der Waals surface area (Å²) in [7, 11) is 1.80. The van der Waals surface area contributed by atoms with Gasteiger partial charge in [0.1, 0.15) is 11.5 Å². The van der Waals surface area contributed by atoms with Gasteiger partial charge in [0, 0.05) is 44.0 Å². The molecule has 1 unspecified atom stereocenters. The maximum absolute atomic E-state index is 12.6. The highest BCUT2D eigenvalue weighted by atomic mass is 16.2. The third kappa shape index (κ3) is 2.71. The van der Waals surface area contributed by atoms with Crippen LogP contribution >= 0.6 is 0 Å². The molecule has 0 bridgehead atoms. The van der Waals surface area contributed by atoms with Crippen molar-refractivity contribution < 1.29 is 4.79 Å². The molecule has 1 aromatic carbocycles. The van der Waals surface area contributed by atoms with Gasteiger partial charge in [-0.1, -0.05) is 30.3 Å². The summed E-state index contributed by atoms with van der Waals surface area (Å²) in [6.45, 7) is 0.768. The molecule has 0 spiro atoms. The summed E-state index contributed by atoms with van der Waals surface area (Å²) >= 11 is 0. The van der Waals surface area contributed by atoms with Crippen LogP contribution in [0.15, 0.2) is 48.8 Å². The van der Waals surface area contributed by atoms with Crippen LogP contribution in [0.4, 0.5) is 0 Å². The average Bonchev–Trinajstić information content (AvgIpc) is 3.21. The van der Waals surface area contributed by atoms with Crippen LogP contribution in [-0.2, 0) is 20.0 Å². The van der Waals surface area contributed by atoms with Gasteiger partial charge < -0.3 is 9.88 Å². The lowest BCUT2D eigenvalue weighted by atomic mass is 10.1. The Morgan fingerprint density at radius 2 is 2.12 bits per heavy atom. The van der Waals surface area contributed by atoms with Crippen molar-refractivity contribution in [2.24, 2.45) is 7.05 Å². The number of amides is 1. The molecule has 1 amide bonds. The summed E-state index contributed by atoms with van der Waals surface area (Å²) in [5, 5.41) is 7.59. The topological polar surface area (TPSA) is 64.7 Å². The first-order chi connectivity index (χ1) is 11.7. The number of carbonyl (C=O) groups is 1. The summed E-state index contributed by atoms with van der Waals surface area (Å²) in [5.74, 6) is 1.01. The molecule has 3 aromatic rings. The number of aromatic nitrogens is 4. The third-order valence-corrected chi connectivity index (χ3v) is 4.45. The molecule has 4 rings (SSSR count). The van der Waals surface area contributed by atoms with Gasteiger partial charge in [-0.25, -0.2) is 4.98 Å². The molecule has 3 heterocycles. The van der Waals surface area contributed by atoms with Crippen molar-refractivity contribution in [3.05, 3.63) is 60.3 Å². The lowest BCUT2D eigenvalue weighted by molar-refractivity contribution is 0.0918. The predicted molar refractivity (Wildman–Crippen MR) is 90.4 cm³/mol. The van der Waals surface area contributed by atoms with E-state index in [4.69, 9.17) is 0 Å². The maximum Gasteiger partial charge on any atom is 0.269 e. The standard InChI is InChI=1S/C18H19N5O/c1-22-16(11-15(21-22)13-5-3-2-4-6-13)18(24)20-14-7-8-17-19-9-10-23(17)12-14/h2-6,9-11,14H,7-8,12H2,1H3,(H,20,24). The van der Waals surface area contributed by atoms with Crippen LogP contribution in [0.2, 0.25) is 0 Å². The molecule has 1 N–H and O–H groups in total. The monoisotopic (exact) mass is 321 g/mol. The van der Waals surface area contributed by atoms with Crippen LogP contribution in [0, 0.1) is 0 Å². The van der Waals surface area contributed by atoms with E-state index in [2.05, 4.69) is 20.0 Å². The Morgan fingerprint density at radius 3 is 2.96 bits per heavy atom. The van der Waals surface area contributed by atoms with Crippen molar-refractivity contribution >= 4 is 5.91 Å². The van der Waals surface area contributed by atoms with Gasteiger partial charge in [-0.05, 0) is 12.5 Å². The third-order valence-electron chi connectivity index (χ3n) is 4.45. The molecule has 0 fully saturated rings. The van der Waals surface area contributed by atoms with Gasteiger partial charge in [0.2, 0.25) is 0 Å². The summed E-state index contributed by atoms with van der Waals surface area (Å²) < 4.78 is 3.75. The number of rotatable bonds is 3. The molecule has 1 atom stereocenters. The lowest BCUT2D eigenvalue weighted by Gasteiger charge is -2.24. The normalized spacial score (nSPS) is 16.6. The van der Waals surface area contributed by atoms with E-state index < -0.39 is 0 Å². The molecule has 1 aliphatic rings. The number of hydrogen-bond acceptors (Lipinski definition) is 3. The first-order valence-electron chi connectivity index (χ1n) is 8.11. The van der Waals surface area contributed by atoms with E-state index >= 15 is 0 Å². The minimum Gasteiger partial charge on any atom is -0.346 e. The largest absolute Gasteiger partial charge is 0.346 e. The lowest BCUT2D eigenvalue weighted by Crippen LogP contribution is -2.41. The zero-order valence-corrected chi connectivity index (χ0v) is 13.5. The minimum absolute atomic E-state index is 0.0826. The maximum atomic E-state index is 12.6. The van der Waals surface area contributed by atoms with Gasteiger partial charge in [0.15, 0.2) is 0 Å². The second-order valence-electron chi connectivity index (χ2n) is 6.11. The van der Waals surface area contributed by atoms with Crippen molar-refractivity contribution in [3.63, 3.8) is 0 Å². The zero-order valence-electron chi connectivity index (χ0n) is 13.5. The van der Waals surface area contributed by atoms with Crippen LogP contribution in [0.5, 0.6) is 0 Å². The first kappa shape index (κ1) is 14.7. The number of benzene rings is 1. The van der Waals surface area contributed by atoms with Crippen LogP contribution in [0.3, 0.4) is 0 Å². The van der Waals surface area contributed by atoms with E-state index in [0.29, 0.717) is 5.69 Å². The van der Waals surface area contributed by atoms with Crippen LogP contribution in [-0.4, -0.2) is 31.3 Å². The van der Waals surface area contributed by atoms with Crippen molar-refractivity contribution in [3.8, 4) is 11.3 Å². The van der Waals surface area contributed by atoms with Gasteiger partial charge >= 0.3 is 0 Å². The summed E-state index contributed by atoms with van der Waals surface area (Å²) in [6, 6.07) is 11.8. The molecule has 0 radical (unpaired) electrons. The molecule has 0 saturated heterocycles. The van der Waals surface area contributed by atoms with Gasteiger partial charge in [-0.2, -0.15) is 5.10 Å². The smallest absolute Gasteiger partial charge is 0.269 e. The number of nitrogens with zero attached hydrogens (tertiary/aromatic N) is 4. The fourth-order valence-corrected chi connectivity index (χ4v) is 3.17. The zero-order chi connectivity index (χ0) is 16.5. The van der Waals surface area contributed by atoms with E-state index in [1.54, 1.807) is 11.7 Å². The van der Waals surface area contributed by atoms with E-state index in [1.165, 1.54) is 0 Å². The Labute approximate surface area is 140 Å². The Kier molecular flexibility index (Phi) is 3.65. The number of nitrogens with one attached hydrogen (secondary N) is 1. The van der Waals surface area contributed by atoms with E-state index in [-0.39, 0.29) is 11.9 Å². The van der Waals surface area contributed by atoms with Crippen LogP contribution in [0.25, 0.3) is 11.3 Å². The molecule has 1 aliphatic heterocycles. The minimum atomic E-state index is -0.0826. The Morgan fingerprint density at radius 1 is 1.29 bits per heavy atom. The van der Waals surface area contributed by atoms with Crippen LogP contribution in [0.1, 0.15) is 22.7 Å². The SMILES string of the molecule is Cn1nc(-c2ccccc2)cc1C(=O)NC1CCc2nccn2C1. The van der Waals surface area contributed by atoms with Crippen LogP contribution < -0.4 is 5.32 Å². The summed E-state index contributed by atoms with van der Waals surface area (Å²) in [4.78, 5) is 16.9. The van der Waals surface area contributed by atoms with Gasteiger partial charge in [-0.3, -0.25) is 9.48 Å². The number of aryl methyl sites for hydroxylation is 2. The molecule has 0 aliphatic carbocycles. The molecule has 6 nitrogen and oxygen atoms in total. The Bertz CT molecular complexity index is 865. The molecule has 6 heteroatoms. The summed E-state index contributed by atoms with van der Waals surface area (Å²) in [6.07, 6.45) is 5.57. The molecular weight excluding hydrogens is 302 g/mol. The Hall–Kier alpha value is -2.89. The fraction of sp³-hybridized carbons (Fsp3) is 0.278. The molecule has 0 saturated carbocycles. The van der Waals surface area contributed by atoms with E-state index in [1.807, 2.05) is 48.8 Å². The van der Waals surface area contributed by atoms with E-state index in [0.717, 1.165) is 36.5 Å². The highest BCUT2D eigenvalue weighted by Gasteiger charge is 2.22. The second-order valence-corrected chi connectivity index (χ2v) is 6.11. The number of fused-ring (bicyclic) bond motifs is 1. The van der Waals surface area contributed by atoms with E-state index in [9.17, 15) is 4.79 Å².